The van der Waals surface area contributed by atoms with Crippen LogP contribution in [0.5, 0.6) is 0 Å². The maximum Gasteiger partial charge on any atom is 0.417 e. The number of methoxy groups -OCH3 is 1. The highest BCUT2D eigenvalue weighted by Crippen LogP contribution is 2.36. The molecule has 0 aliphatic rings. The summed E-state index contributed by atoms with van der Waals surface area (Å²) in [6.45, 7) is 0.302. The molecular formula is C25H23ClF3N5O5S. The number of nitrogens with one attached hydrogen (secondary N) is 3. The van der Waals surface area contributed by atoms with Crippen LogP contribution in [0.3, 0.4) is 0 Å². The van der Waals surface area contributed by atoms with Crippen LogP contribution in [-0.4, -0.2) is 51.1 Å². The van der Waals surface area contributed by atoms with Crippen LogP contribution >= 0.6 is 11.6 Å². The van der Waals surface area contributed by atoms with E-state index in [1.807, 2.05) is 0 Å². The van der Waals surface area contributed by atoms with Crippen molar-refractivity contribution in [3.8, 4) is 5.69 Å². The van der Waals surface area contributed by atoms with Gasteiger partial charge in [0, 0.05) is 42.0 Å². The van der Waals surface area contributed by atoms with Gasteiger partial charge in [-0.2, -0.15) is 17.9 Å². The van der Waals surface area contributed by atoms with Crippen LogP contribution in [0.4, 0.5) is 29.3 Å². The first-order valence-electron chi connectivity index (χ1n) is 11.6. The lowest BCUT2D eigenvalue weighted by Crippen LogP contribution is -2.27. The number of ether oxygens (including phenoxy) is 2. The summed E-state index contributed by atoms with van der Waals surface area (Å²) in [5.41, 5.74) is 0.256. The van der Waals surface area contributed by atoms with E-state index in [0.717, 1.165) is 12.1 Å². The predicted molar refractivity (Wildman–Crippen MR) is 143 cm³/mol. The summed E-state index contributed by atoms with van der Waals surface area (Å²) >= 11 is 5.61. The van der Waals surface area contributed by atoms with E-state index in [1.165, 1.54) is 31.8 Å². The van der Waals surface area contributed by atoms with Gasteiger partial charge in [-0.1, -0.05) is 11.6 Å². The predicted octanol–water partition coefficient (Wildman–Crippen LogP) is 5.24. The number of halogens is 4. The number of hydrogen-bond donors (Lipinski definition) is 3. The molecule has 0 unspecified atom stereocenters. The zero-order valence-corrected chi connectivity index (χ0v) is 22.4. The fraction of sp³-hybridized carbons (Fsp3) is 0.200. The van der Waals surface area contributed by atoms with Gasteiger partial charge < -0.3 is 24.7 Å². The van der Waals surface area contributed by atoms with Gasteiger partial charge in [-0.05, 0) is 48.5 Å². The van der Waals surface area contributed by atoms with E-state index in [9.17, 15) is 26.4 Å². The van der Waals surface area contributed by atoms with Crippen molar-refractivity contribution < 1.29 is 35.9 Å². The summed E-state index contributed by atoms with van der Waals surface area (Å²) in [5, 5.41) is 4.82. The first kappa shape index (κ1) is 29.3. The lowest BCUT2D eigenvalue weighted by Gasteiger charge is -2.12. The smallest absolute Gasteiger partial charge is 0.382 e. The molecule has 0 spiro atoms. The molecule has 40 heavy (non-hydrogen) atoms. The van der Waals surface area contributed by atoms with Crippen LogP contribution in [0.25, 0.3) is 16.6 Å². The standard InChI is InChI=1S/C25H23ClF3N5O5S/c1-38-10-11-39-15-31-40(36,37)23-14-34(22-13-30-9-8-19(22)23)18-5-2-16(3-6-18)32-24(35)33-17-4-7-21(26)20(12-17)25(27,28)29/h2-9,12-14,31H,10-11,15H2,1H3,(H2,32,33,35). The maximum absolute atomic E-state index is 13.1. The molecule has 2 aromatic carbocycles. The molecule has 2 amide bonds. The lowest BCUT2D eigenvalue weighted by molar-refractivity contribution is -0.137. The van der Waals surface area contributed by atoms with Crippen molar-refractivity contribution in [2.45, 2.75) is 11.1 Å². The molecule has 15 heteroatoms. The van der Waals surface area contributed by atoms with E-state index in [2.05, 4.69) is 20.3 Å². The average molecular weight is 598 g/mol. The van der Waals surface area contributed by atoms with Gasteiger partial charge in [-0.3, -0.25) is 4.98 Å². The molecule has 0 aliphatic heterocycles. The Bertz CT molecular complexity index is 1610. The largest absolute Gasteiger partial charge is 0.417 e. The van der Waals surface area contributed by atoms with E-state index in [4.69, 9.17) is 21.1 Å². The normalized spacial score (nSPS) is 12.0. The lowest BCUT2D eigenvalue weighted by atomic mass is 10.2. The summed E-state index contributed by atoms with van der Waals surface area (Å²) in [5.74, 6) is 0. The van der Waals surface area contributed by atoms with Gasteiger partial charge in [0.2, 0.25) is 10.0 Å². The number of sulfonamides is 1. The second kappa shape index (κ2) is 12.2. The van der Waals surface area contributed by atoms with Crippen LogP contribution in [-0.2, 0) is 25.7 Å². The molecule has 0 bridgehead atoms. The topological polar surface area (TPSA) is 124 Å². The monoisotopic (exact) mass is 597 g/mol. The molecule has 4 aromatic rings. The SMILES string of the molecule is COCCOCNS(=O)(=O)c1cn(-c2ccc(NC(=O)Nc3ccc(Cl)c(C(F)(F)F)c3)cc2)c2cnccc12. The first-order chi connectivity index (χ1) is 19.0. The highest BCUT2D eigenvalue weighted by atomic mass is 35.5. The number of fused-ring (bicyclic) bond motifs is 1. The van der Waals surface area contributed by atoms with Gasteiger partial charge in [0.1, 0.15) is 11.6 Å². The molecule has 0 radical (unpaired) electrons. The average Bonchev–Trinajstić information content (AvgIpc) is 3.30. The van der Waals surface area contributed by atoms with Crippen LogP contribution < -0.4 is 15.4 Å². The molecule has 0 fully saturated rings. The molecule has 3 N–H and O–H groups in total. The minimum absolute atomic E-state index is 0.0167. The number of anilines is 2. The highest BCUT2D eigenvalue weighted by molar-refractivity contribution is 7.89. The Morgan fingerprint density at radius 2 is 1.75 bits per heavy atom. The minimum Gasteiger partial charge on any atom is -0.382 e. The summed E-state index contributed by atoms with van der Waals surface area (Å²) in [4.78, 5) is 16.5. The molecule has 10 nitrogen and oxygen atoms in total. The molecule has 0 aliphatic carbocycles. The van der Waals surface area contributed by atoms with Gasteiger partial charge >= 0.3 is 12.2 Å². The molecule has 2 aromatic heterocycles. The number of carbonyl (C=O) groups is 1. The zero-order chi connectivity index (χ0) is 28.9. The van der Waals surface area contributed by atoms with Crippen LogP contribution in [0.15, 0.2) is 72.0 Å². The Morgan fingerprint density at radius 3 is 2.45 bits per heavy atom. The van der Waals surface area contributed by atoms with Gasteiger partial charge in [-0.25, -0.2) is 13.2 Å². The van der Waals surface area contributed by atoms with Crippen molar-refractivity contribution in [1.82, 2.24) is 14.3 Å². The number of benzene rings is 2. The van der Waals surface area contributed by atoms with Crippen molar-refractivity contribution in [3.63, 3.8) is 0 Å². The Balaban J connectivity index is 1.50. The molecule has 0 atom stereocenters. The number of aromatic nitrogens is 2. The minimum atomic E-state index is -4.67. The Hall–Kier alpha value is -3.69. The fourth-order valence-corrected chi connectivity index (χ4v) is 5.03. The fourth-order valence-electron chi connectivity index (χ4n) is 3.70. The second-order valence-electron chi connectivity index (χ2n) is 8.27. The quantitative estimate of drug-likeness (QED) is 0.170. The summed E-state index contributed by atoms with van der Waals surface area (Å²) in [7, 11) is -2.43. The van der Waals surface area contributed by atoms with E-state index in [1.54, 1.807) is 34.9 Å². The summed E-state index contributed by atoms with van der Waals surface area (Å²) in [6, 6.07) is 10.2. The van der Waals surface area contributed by atoms with Crippen molar-refractivity contribution >= 4 is 49.9 Å². The van der Waals surface area contributed by atoms with Crippen LogP contribution in [0, 0.1) is 0 Å². The summed E-state index contributed by atoms with van der Waals surface area (Å²) < 4.78 is 79.3. The van der Waals surface area contributed by atoms with E-state index in [-0.39, 0.29) is 23.9 Å². The van der Waals surface area contributed by atoms with Crippen molar-refractivity contribution in [3.05, 3.63) is 77.7 Å². The Morgan fingerprint density at radius 1 is 1.05 bits per heavy atom. The molecule has 0 saturated heterocycles. The number of nitrogens with zero attached hydrogens (tertiary/aromatic N) is 2. The molecule has 2 heterocycles. The molecule has 0 saturated carbocycles. The number of amides is 2. The molecule has 4 rings (SSSR count). The maximum atomic E-state index is 13.1. The van der Waals surface area contributed by atoms with E-state index >= 15 is 0 Å². The third kappa shape index (κ3) is 6.89. The third-order valence-electron chi connectivity index (χ3n) is 5.58. The number of rotatable bonds is 10. The van der Waals surface area contributed by atoms with E-state index < -0.39 is 32.8 Å². The first-order valence-corrected chi connectivity index (χ1v) is 13.4. The Labute approximate surface area is 232 Å². The highest BCUT2D eigenvalue weighted by Gasteiger charge is 2.33. The summed E-state index contributed by atoms with van der Waals surface area (Å²) in [6.07, 6.45) is -0.237. The van der Waals surface area contributed by atoms with Crippen molar-refractivity contribution in [2.24, 2.45) is 0 Å². The molecule has 212 valence electrons. The van der Waals surface area contributed by atoms with Crippen LogP contribution in [0.1, 0.15) is 5.56 Å². The second-order valence-corrected chi connectivity index (χ2v) is 10.4. The van der Waals surface area contributed by atoms with Crippen molar-refractivity contribution in [1.29, 1.82) is 0 Å². The van der Waals surface area contributed by atoms with Gasteiger partial charge in [0.25, 0.3) is 0 Å². The van der Waals surface area contributed by atoms with Gasteiger partial charge in [-0.15, -0.1) is 0 Å². The van der Waals surface area contributed by atoms with Crippen LogP contribution in [0.2, 0.25) is 5.02 Å². The molecular weight excluding hydrogens is 575 g/mol. The van der Waals surface area contributed by atoms with E-state index in [0.29, 0.717) is 28.9 Å². The van der Waals surface area contributed by atoms with Crippen molar-refractivity contribution in [2.75, 3.05) is 37.7 Å². The number of carbonyl (C=O) groups excluding carboxylic acids is 1. The van der Waals surface area contributed by atoms with Gasteiger partial charge in [0.15, 0.2) is 0 Å². The number of hydrogen-bond acceptors (Lipinski definition) is 6. The number of alkyl halides is 3. The zero-order valence-electron chi connectivity index (χ0n) is 20.8. The third-order valence-corrected chi connectivity index (χ3v) is 7.31. The van der Waals surface area contributed by atoms with Gasteiger partial charge in [0.05, 0.1) is 35.5 Å². The Kier molecular flexibility index (Phi) is 8.95. The number of pyridine rings is 1. The number of urea groups is 1.